The highest BCUT2D eigenvalue weighted by Crippen LogP contribution is 2.36. The van der Waals surface area contributed by atoms with E-state index < -0.39 is 38.8 Å². The Labute approximate surface area is 159 Å². The minimum atomic E-state index is -4.85. The Bertz CT molecular complexity index is 941. The first kappa shape index (κ1) is 20.5. The fourth-order valence-electron chi connectivity index (χ4n) is 3.10. The Balaban J connectivity index is 2.00. The third-order valence-corrected chi connectivity index (χ3v) is 6.12. The number of aliphatic hydroxyl groups excluding tert-OH is 1. The van der Waals surface area contributed by atoms with Crippen molar-refractivity contribution in [2.45, 2.75) is 48.9 Å². The number of rotatable bonds is 4. The number of nitrogens with zero attached hydrogens (tertiary/aromatic N) is 2. The highest BCUT2D eigenvalue weighted by molar-refractivity contribution is 7.89. The molecule has 0 aliphatic heterocycles. The van der Waals surface area contributed by atoms with Crippen LogP contribution in [0.25, 0.3) is 11.3 Å². The van der Waals surface area contributed by atoms with Crippen LogP contribution in [-0.2, 0) is 16.2 Å². The first-order chi connectivity index (χ1) is 13.1. The maximum atomic E-state index is 13.4. The van der Waals surface area contributed by atoms with E-state index >= 15 is 0 Å². The molecule has 11 heteroatoms. The smallest absolute Gasteiger partial charge is 0.393 e. The van der Waals surface area contributed by atoms with Gasteiger partial charge in [-0.1, -0.05) is 6.07 Å². The molecule has 4 N–H and O–H groups in total. The van der Waals surface area contributed by atoms with Crippen LogP contribution in [0, 0.1) is 0 Å². The molecule has 1 saturated carbocycles. The molecule has 1 heterocycles. The molecule has 1 aromatic heterocycles. The predicted octanol–water partition coefficient (Wildman–Crippen LogP) is 2.33. The van der Waals surface area contributed by atoms with Crippen molar-refractivity contribution < 1.29 is 26.7 Å². The lowest BCUT2D eigenvalue weighted by Gasteiger charge is -2.26. The lowest BCUT2D eigenvalue weighted by atomic mass is 9.94. The van der Waals surface area contributed by atoms with Gasteiger partial charge in [-0.15, -0.1) is 0 Å². The van der Waals surface area contributed by atoms with Gasteiger partial charge in [-0.05, 0) is 37.8 Å². The molecule has 0 radical (unpaired) electrons. The number of nitrogens with two attached hydrogens (primary N) is 1. The number of sulfonamides is 1. The SMILES string of the molecule is Nc1cnc(-c2ccc(C(F)(F)F)c(S(=O)(=O)N[C@H]3CC[C@H](O)CC3)c2)cn1. The van der Waals surface area contributed by atoms with Gasteiger partial charge in [0.15, 0.2) is 0 Å². The van der Waals surface area contributed by atoms with Crippen molar-refractivity contribution >= 4 is 15.8 Å². The van der Waals surface area contributed by atoms with Crippen molar-refractivity contribution in [3.05, 3.63) is 36.2 Å². The molecule has 28 heavy (non-hydrogen) atoms. The molecule has 1 fully saturated rings. The van der Waals surface area contributed by atoms with Gasteiger partial charge < -0.3 is 10.8 Å². The van der Waals surface area contributed by atoms with Gasteiger partial charge in [-0.2, -0.15) is 13.2 Å². The average Bonchev–Trinajstić information content (AvgIpc) is 2.63. The predicted molar refractivity (Wildman–Crippen MR) is 95.5 cm³/mol. The number of nitrogen functional groups attached to an aromatic ring is 1. The lowest BCUT2D eigenvalue weighted by Crippen LogP contribution is -2.39. The summed E-state index contributed by atoms with van der Waals surface area (Å²) in [7, 11) is -4.45. The lowest BCUT2D eigenvalue weighted by molar-refractivity contribution is -0.139. The van der Waals surface area contributed by atoms with Gasteiger partial charge in [-0.3, -0.25) is 4.98 Å². The number of nitrogens with one attached hydrogen (secondary N) is 1. The van der Waals surface area contributed by atoms with Gasteiger partial charge in [-0.25, -0.2) is 18.1 Å². The second-order valence-electron chi connectivity index (χ2n) is 6.66. The van der Waals surface area contributed by atoms with E-state index in [2.05, 4.69) is 14.7 Å². The Morgan fingerprint density at radius 3 is 2.36 bits per heavy atom. The van der Waals surface area contributed by atoms with Crippen LogP contribution < -0.4 is 10.5 Å². The van der Waals surface area contributed by atoms with Crippen molar-refractivity contribution in [1.29, 1.82) is 0 Å². The van der Waals surface area contributed by atoms with E-state index in [0.29, 0.717) is 31.7 Å². The number of hydrogen-bond acceptors (Lipinski definition) is 6. The third kappa shape index (κ3) is 4.59. The summed E-state index contributed by atoms with van der Waals surface area (Å²) in [5.41, 5.74) is 4.55. The zero-order valence-electron chi connectivity index (χ0n) is 14.6. The van der Waals surface area contributed by atoms with Gasteiger partial charge >= 0.3 is 6.18 Å². The van der Waals surface area contributed by atoms with Crippen LogP contribution in [0.3, 0.4) is 0 Å². The van der Waals surface area contributed by atoms with Crippen molar-refractivity contribution in [2.24, 2.45) is 0 Å². The molecule has 7 nitrogen and oxygen atoms in total. The molecule has 0 bridgehead atoms. The fraction of sp³-hybridized carbons (Fsp3) is 0.412. The highest BCUT2D eigenvalue weighted by atomic mass is 32.2. The molecule has 1 aliphatic carbocycles. The molecule has 0 amide bonds. The zero-order valence-corrected chi connectivity index (χ0v) is 15.5. The fourth-order valence-corrected chi connectivity index (χ4v) is 4.66. The minimum Gasteiger partial charge on any atom is -0.393 e. The summed E-state index contributed by atoms with van der Waals surface area (Å²) in [4.78, 5) is 6.93. The molecule has 1 aliphatic rings. The van der Waals surface area contributed by atoms with Crippen LogP contribution in [0.1, 0.15) is 31.2 Å². The number of aliphatic hydroxyl groups is 1. The quantitative estimate of drug-likeness (QED) is 0.704. The van der Waals surface area contributed by atoms with Gasteiger partial charge in [0, 0.05) is 11.6 Å². The maximum Gasteiger partial charge on any atom is 0.417 e. The van der Waals surface area contributed by atoms with E-state index in [4.69, 9.17) is 5.73 Å². The second-order valence-corrected chi connectivity index (χ2v) is 8.34. The van der Waals surface area contributed by atoms with E-state index in [0.717, 1.165) is 12.1 Å². The summed E-state index contributed by atoms with van der Waals surface area (Å²) < 4.78 is 68.1. The molecule has 1 aromatic carbocycles. The van der Waals surface area contributed by atoms with Crippen LogP contribution in [-0.4, -0.2) is 35.6 Å². The second kappa shape index (κ2) is 7.64. The monoisotopic (exact) mass is 416 g/mol. The van der Waals surface area contributed by atoms with Crippen LogP contribution in [0.2, 0.25) is 0 Å². The van der Waals surface area contributed by atoms with E-state index in [1.165, 1.54) is 12.4 Å². The largest absolute Gasteiger partial charge is 0.417 e. The molecule has 0 saturated heterocycles. The molecule has 152 valence electrons. The van der Waals surface area contributed by atoms with Crippen LogP contribution in [0.5, 0.6) is 0 Å². The van der Waals surface area contributed by atoms with Crippen molar-refractivity contribution in [3.63, 3.8) is 0 Å². The van der Waals surface area contributed by atoms with Gasteiger partial charge in [0.2, 0.25) is 10.0 Å². The van der Waals surface area contributed by atoms with Crippen LogP contribution in [0.15, 0.2) is 35.5 Å². The molecular weight excluding hydrogens is 397 g/mol. The zero-order chi connectivity index (χ0) is 20.5. The number of benzene rings is 1. The first-order valence-corrected chi connectivity index (χ1v) is 10.0. The third-order valence-electron chi connectivity index (χ3n) is 4.56. The number of alkyl halides is 3. The number of halogens is 3. The molecular formula is C17H19F3N4O3S. The van der Waals surface area contributed by atoms with Gasteiger partial charge in [0.25, 0.3) is 0 Å². The minimum absolute atomic E-state index is 0.129. The number of aromatic nitrogens is 2. The van der Waals surface area contributed by atoms with Crippen LogP contribution in [0.4, 0.5) is 19.0 Å². The molecule has 0 unspecified atom stereocenters. The van der Waals surface area contributed by atoms with E-state index in [1.54, 1.807) is 0 Å². The Morgan fingerprint density at radius 2 is 1.79 bits per heavy atom. The highest BCUT2D eigenvalue weighted by Gasteiger charge is 2.38. The van der Waals surface area contributed by atoms with E-state index in [9.17, 15) is 26.7 Å². The molecule has 3 rings (SSSR count). The van der Waals surface area contributed by atoms with Crippen LogP contribution >= 0.6 is 0 Å². The summed E-state index contributed by atoms with van der Waals surface area (Å²) in [5.74, 6) is 0.129. The summed E-state index contributed by atoms with van der Waals surface area (Å²) in [6, 6.07) is 2.25. The molecule has 0 spiro atoms. The molecule has 2 aromatic rings. The summed E-state index contributed by atoms with van der Waals surface area (Å²) >= 11 is 0. The summed E-state index contributed by atoms with van der Waals surface area (Å²) in [5, 5.41) is 9.53. The summed E-state index contributed by atoms with van der Waals surface area (Å²) in [6.07, 6.45) is -1.40. The molecule has 0 atom stereocenters. The van der Waals surface area contributed by atoms with Gasteiger partial charge in [0.1, 0.15) is 5.82 Å². The van der Waals surface area contributed by atoms with Gasteiger partial charge in [0.05, 0.1) is 34.7 Å². The van der Waals surface area contributed by atoms with Crippen molar-refractivity contribution in [3.8, 4) is 11.3 Å². The standard InChI is InChI=1S/C17H19F3N4O3S/c18-17(19,20)13-6-1-10(14-8-23-16(21)9-22-14)7-15(13)28(26,27)24-11-2-4-12(25)5-3-11/h1,6-9,11-12,24-25H,2-5H2,(H2,21,23)/t11-,12-. The normalized spacial score (nSPS) is 20.9. The average molecular weight is 416 g/mol. The van der Waals surface area contributed by atoms with E-state index in [1.807, 2.05) is 0 Å². The Hall–Kier alpha value is -2.24. The first-order valence-electron chi connectivity index (χ1n) is 8.56. The maximum absolute atomic E-state index is 13.4. The number of anilines is 1. The number of hydrogen-bond donors (Lipinski definition) is 3. The topological polar surface area (TPSA) is 118 Å². The summed E-state index contributed by atoms with van der Waals surface area (Å²) in [6.45, 7) is 0. The van der Waals surface area contributed by atoms with Crippen molar-refractivity contribution in [2.75, 3.05) is 5.73 Å². The Morgan fingerprint density at radius 1 is 1.11 bits per heavy atom. The van der Waals surface area contributed by atoms with Crippen molar-refractivity contribution in [1.82, 2.24) is 14.7 Å². The van der Waals surface area contributed by atoms with E-state index in [-0.39, 0.29) is 17.1 Å². The Kier molecular flexibility index (Phi) is 5.60.